The number of benzene rings is 1. The predicted octanol–water partition coefficient (Wildman–Crippen LogP) is -0.191. The third kappa shape index (κ3) is 3.09. The van der Waals surface area contributed by atoms with E-state index in [9.17, 15) is 24.1 Å². The highest BCUT2D eigenvalue weighted by molar-refractivity contribution is 5.20. The molecule has 0 saturated carbocycles. The summed E-state index contributed by atoms with van der Waals surface area (Å²) in [4.78, 5) is 0. The molecule has 1 saturated heterocycles. The molecule has 1 aromatic rings. The topological polar surface area (TPSA) is 72.7 Å². The van der Waals surface area contributed by atoms with Crippen LogP contribution in [-0.4, -0.2) is 46.7 Å². The molecule has 1 aliphatic heterocycles. The minimum absolute atomic E-state index is 0.172. The zero-order chi connectivity index (χ0) is 14.0. The monoisotopic (exact) mass is 273 g/mol. The molecule has 1 fully saturated rings. The Morgan fingerprint density at radius 2 is 2.00 bits per heavy atom. The molecule has 6 heteroatoms. The van der Waals surface area contributed by atoms with Crippen molar-refractivity contribution in [2.24, 2.45) is 5.92 Å². The normalized spacial score (nSPS) is 31.4. The Morgan fingerprint density at radius 3 is 2.63 bits per heavy atom. The van der Waals surface area contributed by atoms with Gasteiger partial charge < -0.3 is 20.6 Å². The number of aliphatic hydroxyl groups excluding tert-OH is 3. The lowest BCUT2D eigenvalue weighted by atomic mass is 9.84. The van der Waals surface area contributed by atoms with Gasteiger partial charge in [0.25, 0.3) is 0 Å². The van der Waals surface area contributed by atoms with E-state index in [1.54, 1.807) is 0 Å². The predicted molar refractivity (Wildman–Crippen MR) is 64.4 cm³/mol. The van der Waals surface area contributed by atoms with E-state index in [0.29, 0.717) is 5.56 Å². The Balaban J connectivity index is 2.13. The van der Waals surface area contributed by atoms with Crippen LogP contribution in [0.2, 0.25) is 0 Å². The third-order valence-electron chi connectivity index (χ3n) is 3.60. The quantitative estimate of drug-likeness (QED) is 0.616. The molecule has 4 nitrogen and oxygen atoms in total. The van der Waals surface area contributed by atoms with Crippen LogP contribution >= 0.6 is 0 Å². The van der Waals surface area contributed by atoms with E-state index in [1.165, 1.54) is 12.1 Å². The van der Waals surface area contributed by atoms with Crippen molar-refractivity contribution in [3.05, 3.63) is 35.4 Å². The summed E-state index contributed by atoms with van der Waals surface area (Å²) in [5, 5.41) is 31.5. The molecular formula is C13H17F2NO3. The third-order valence-corrected chi connectivity index (χ3v) is 3.60. The Morgan fingerprint density at radius 1 is 1.26 bits per heavy atom. The van der Waals surface area contributed by atoms with Crippen molar-refractivity contribution < 1.29 is 24.1 Å². The van der Waals surface area contributed by atoms with Gasteiger partial charge in [-0.05, 0) is 18.1 Å². The summed E-state index contributed by atoms with van der Waals surface area (Å²) in [5.41, 5.74) is 0.306. The van der Waals surface area contributed by atoms with Gasteiger partial charge in [-0.1, -0.05) is 6.07 Å². The summed E-state index contributed by atoms with van der Waals surface area (Å²) in [7, 11) is 0. The lowest BCUT2D eigenvalue weighted by molar-refractivity contribution is -0.0665. The Bertz CT molecular complexity index is 444. The van der Waals surface area contributed by atoms with Gasteiger partial charge in [0.05, 0.1) is 12.2 Å². The van der Waals surface area contributed by atoms with Gasteiger partial charge in [-0.2, -0.15) is 0 Å². The van der Waals surface area contributed by atoms with Crippen LogP contribution in [0.3, 0.4) is 0 Å². The van der Waals surface area contributed by atoms with Crippen LogP contribution in [0.4, 0.5) is 8.78 Å². The molecule has 4 N–H and O–H groups in total. The summed E-state index contributed by atoms with van der Waals surface area (Å²) in [5.74, 6) is -1.89. The van der Waals surface area contributed by atoms with E-state index in [4.69, 9.17) is 0 Å². The maximum Gasteiger partial charge on any atom is 0.129 e. The maximum absolute atomic E-state index is 13.6. The van der Waals surface area contributed by atoms with Crippen molar-refractivity contribution in [1.29, 1.82) is 0 Å². The minimum atomic E-state index is -1.06. The smallest absolute Gasteiger partial charge is 0.129 e. The zero-order valence-electron chi connectivity index (χ0n) is 10.3. The van der Waals surface area contributed by atoms with Crippen molar-refractivity contribution in [2.75, 3.05) is 13.2 Å². The molecule has 0 aliphatic carbocycles. The number of halogens is 2. The molecule has 0 aromatic heterocycles. The molecule has 0 radical (unpaired) electrons. The second kappa shape index (κ2) is 5.92. The summed E-state index contributed by atoms with van der Waals surface area (Å²) < 4.78 is 26.4. The van der Waals surface area contributed by atoms with Crippen LogP contribution in [0.5, 0.6) is 0 Å². The Kier molecular flexibility index (Phi) is 4.46. The molecule has 1 aliphatic rings. The maximum atomic E-state index is 13.6. The second-order valence-corrected chi connectivity index (χ2v) is 4.86. The van der Waals surface area contributed by atoms with Crippen LogP contribution in [-0.2, 0) is 6.42 Å². The van der Waals surface area contributed by atoms with Crippen molar-refractivity contribution in [3.8, 4) is 0 Å². The average Bonchev–Trinajstić information content (AvgIpc) is 2.37. The highest BCUT2D eigenvalue weighted by atomic mass is 19.1. The fraction of sp³-hybridized carbons (Fsp3) is 0.538. The average molecular weight is 273 g/mol. The lowest BCUT2D eigenvalue weighted by Gasteiger charge is -2.38. The van der Waals surface area contributed by atoms with Gasteiger partial charge in [-0.3, -0.25) is 0 Å². The minimum Gasteiger partial charge on any atom is -0.396 e. The van der Waals surface area contributed by atoms with Crippen LogP contribution in [0.25, 0.3) is 0 Å². The molecule has 0 amide bonds. The van der Waals surface area contributed by atoms with E-state index < -0.39 is 29.8 Å². The van der Waals surface area contributed by atoms with Gasteiger partial charge in [0, 0.05) is 31.2 Å². The van der Waals surface area contributed by atoms with Gasteiger partial charge in [0.2, 0.25) is 0 Å². The lowest BCUT2D eigenvalue weighted by Crippen LogP contribution is -2.58. The molecule has 1 heterocycles. The first kappa shape index (κ1) is 14.3. The van der Waals surface area contributed by atoms with E-state index in [1.807, 2.05) is 0 Å². The number of hydrogen-bond donors (Lipinski definition) is 4. The van der Waals surface area contributed by atoms with Crippen LogP contribution in [0.15, 0.2) is 18.2 Å². The van der Waals surface area contributed by atoms with Crippen LogP contribution in [0, 0.1) is 17.6 Å². The zero-order valence-corrected chi connectivity index (χ0v) is 10.3. The van der Waals surface area contributed by atoms with Crippen molar-refractivity contribution >= 4 is 0 Å². The fourth-order valence-corrected chi connectivity index (χ4v) is 2.45. The SMILES string of the molecule is OC[C@@H]1[C@@H](O)[C@H](O)CN[C@H]1Cc1ccc(F)cc1F. The van der Waals surface area contributed by atoms with Crippen LogP contribution in [0.1, 0.15) is 5.56 Å². The molecule has 4 atom stereocenters. The van der Waals surface area contributed by atoms with Crippen molar-refractivity contribution in [1.82, 2.24) is 5.32 Å². The molecule has 0 bridgehead atoms. The number of piperidine rings is 1. The highest BCUT2D eigenvalue weighted by Crippen LogP contribution is 2.22. The first-order chi connectivity index (χ1) is 9.02. The molecule has 0 spiro atoms. The molecule has 1 aromatic carbocycles. The highest BCUT2D eigenvalue weighted by Gasteiger charge is 2.37. The van der Waals surface area contributed by atoms with E-state index in [2.05, 4.69) is 5.32 Å². The number of rotatable bonds is 3. The Labute approximate surface area is 109 Å². The largest absolute Gasteiger partial charge is 0.396 e. The molecule has 19 heavy (non-hydrogen) atoms. The van der Waals surface area contributed by atoms with E-state index >= 15 is 0 Å². The van der Waals surface area contributed by atoms with Crippen LogP contribution < -0.4 is 5.32 Å². The fourth-order valence-electron chi connectivity index (χ4n) is 2.45. The number of aliphatic hydroxyl groups is 3. The van der Waals surface area contributed by atoms with Gasteiger partial charge in [-0.15, -0.1) is 0 Å². The number of nitrogens with one attached hydrogen (secondary N) is 1. The number of β-amino-alcohol motifs (C(OH)–C–C–N with tert-alkyl or cyclic N) is 1. The standard InChI is InChI=1S/C13H17F2NO3/c14-8-2-1-7(10(15)4-8)3-11-9(6-17)13(19)12(18)5-16-11/h1-2,4,9,11-13,16-19H,3,5-6H2/t9-,11-,12+,13+/m0/s1. The van der Waals surface area contributed by atoms with E-state index in [-0.39, 0.29) is 25.6 Å². The Hall–Kier alpha value is -1.08. The summed E-state index contributed by atoms with van der Waals surface area (Å²) >= 11 is 0. The molecule has 0 unspecified atom stereocenters. The van der Waals surface area contributed by atoms with Gasteiger partial charge in [-0.25, -0.2) is 8.78 Å². The van der Waals surface area contributed by atoms with Gasteiger partial charge in [0.15, 0.2) is 0 Å². The summed E-state index contributed by atoms with van der Waals surface area (Å²) in [6.45, 7) is -0.149. The van der Waals surface area contributed by atoms with Gasteiger partial charge >= 0.3 is 0 Å². The molecule has 106 valence electrons. The molecular weight excluding hydrogens is 256 g/mol. The summed E-state index contributed by atoms with van der Waals surface area (Å²) in [6, 6.07) is 2.94. The summed E-state index contributed by atoms with van der Waals surface area (Å²) in [6.07, 6.45) is -1.80. The second-order valence-electron chi connectivity index (χ2n) is 4.86. The first-order valence-corrected chi connectivity index (χ1v) is 6.17. The van der Waals surface area contributed by atoms with Crippen molar-refractivity contribution in [2.45, 2.75) is 24.7 Å². The van der Waals surface area contributed by atoms with Crippen molar-refractivity contribution in [3.63, 3.8) is 0 Å². The molecule has 2 rings (SSSR count). The first-order valence-electron chi connectivity index (χ1n) is 6.17. The van der Waals surface area contributed by atoms with E-state index in [0.717, 1.165) is 6.07 Å². The number of hydrogen-bond acceptors (Lipinski definition) is 4. The van der Waals surface area contributed by atoms with Gasteiger partial charge in [0.1, 0.15) is 11.6 Å².